The summed E-state index contributed by atoms with van der Waals surface area (Å²) >= 11 is 0. The zero-order valence-electron chi connectivity index (χ0n) is 15.4. The quantitative estimate of drug-likeness (QED) is 0.907. The SMILES string of the molecule is CCOc1ccc2c(c1)CN(CC(=O)Nc1c(C)nn(C)c1C)CC2. The molecule has 3 rings (SSSR count). The third-order valence-corrected chi connectivity index (χ3v) is 4.72. The lowest BCUT2D eigenvalue weighted by Gasteiger charge is -2.28. The van der Waals surface area contributed by atoms with E-state index in [9.17, 15) is 4.79 Å². The van der Waals surface area contributed by atoms with Crippen molar-refractivity contribution in [2.75, 3.05) is 25.0 Å². The fourth-order valence-corrected chi connectivity index (χ4v) is 3.32. The Balaban J connectivity index is 1.64. The van der Waals surface area contributed by atoms with Gasteiger partial charge in [-0.15, -0.1) is 0 Å². The predicted octanol–water partition coefficient (Wildman–Crippen LogP) is 2.43. The van der Waals surface area contributed by atoms with E-state index in [1.54, 1.807) is 4.68 Å². The summed E-state index contributed by atoms with van der Waals surface area (Å²) in [5.74, 6) is 0.901. The first-order valence-corrected chi connectivity index (χ1v) is 8.75. The van der Waals surface area contributed by atoms with Gasteiger partial charge in [-0.25, -0.2) is 0 Å². The molecule has 1 aliphatic heterocycles. The molecule has 1 amide bonds. The molecule has 25 heavy (non-hydrogen) atoms. The molecule has 2 aromatic rings. The molecule has 0 unspecified atom stereocenters. The first kappa shape index (κ1) is 17.5. The lowest BCUT2D eigenvalue weighted by molar-refractivity contribution is -0.117. The van der Waals surface area contributed by atoms with Gasteiger partial charge in [0, 0.05) is 20.1 Å². The number of nitrogens with zero attached hydrogens (tertiary/aromatic N) is 3. The van der Waals surface area contributed by atoms with Crippen LogP contribution < -0.4 is 10.1 Å². The molecular formula is C19H26N4O2. The van der Waals surface area contributed by atoms with Crippen LogP contribution in [0.4, 0.5) is 5.69 Å². The van der Waals surface area contributed by atoms with Crippen molar-refractivity contribution in [3.63, 3.8) is 0 Å². The lowest BCUT2D eigenvalue weighted by atomic mass is 9.99. The number of aryl methyl sites for hydroxylation is 2. The Morgan fingerprint density at radius 2 is 2.12 bits per heavy atom. The molecule has 2 heterocycles. The summed E-state index contributed by atoms with van der Waals surface area (Å²) in [7, 11) is 1.88. The van der Waals surface area contributed by atoms with Crippen LogP contribution in [0, 0.1) is 13.8 Å². The number of carbonyl (C=O) groups is 1. The van der Waals surface area contributed by atoms with Gasteiger partial charge in [0.25, 0.3) is 0 Å². The summed E-state index contributed by atoms with van der Waals surface area (Å²) in [5, 5.41) is 7.36. The molecule has 0 radical (unpaired) electrons. The van der Waals surface area contributed by atoms with E-state index in [1.165, 1.54) is 11.1 Å². The monoisotopic (exact) mass is 342 g/mol. The Morgan fingerprint density at radius 1 is 1.32 bits per heavy atom. The van der Waals surface area contributed by atoms with Gasteiger partial charge in [0.15, 0.2) is 0 Å². The van der Waals surface area contributed by atoms with Crippen LogP contribution in [-0.4, -0.2) is 40.3 Å². The second-order valence-corrected chi connectivity index (χ2v) is 6.54. The summed E-state index contributed by atoms with van der Waals surface area (Å²) in [4.78, 5) is 14.6. The molecule has 6 heteroatoms. The highest BCUT2D eigenvalue weighted by Crippen LogP contribution is 2.24. The lowest BCUT2D eigenvalue weighted by Crippen LogP contribution is -2.37. The van der Waals surface area contributed by atoms with E-state index in [4.69, 9.17) is 4.74 Å². The van der Waals surface area contributed by atoms with Gasteiger partial charge in [-0.2, -0.15) is 5.10 Å². The Hall–Kier alpha value is -2.34. The fourth-order valence-electron chi connectivity index (χ4n) is 3.32. The van der Waals surface area contributed by atoms with Crippen LogP contribution in [0.5, 0.6) is 5.75 Å². The summed E-state index contributed by atoms with van der Waals surface area (Å²) < 4.78 is 7.38. The molecule has 0 saturated heterocycles. The van der Waals surface area contributed by atoms with E-state index in [0.29, 0.717) is 13.2 Å². The predicted molar refractivity (Wildman–Crippen MR) is 97.9 cm³/mol. The number of ether oxygens (including phenoxy) is 1. The molecule has 0 aliphatic carbocycles. The molecule has 0 atom stereocenters. The van der Waals surface area contributed by atoms with Gasteiger partial charge in [-0.1, -0.05) is 6.07 Å². The van der Waals surface area contributed by atoms with Crippen molar-refractivity contribution < 1.29 is 9.53 Å². The van der Waals surface area contributed by atoms with Gasteiger partial charge in [0.05, 0.1) is 30.2 Å². The van der Waals surface area contributed by atoms with Crippen LogP contribution in [0.3, 0.4) is 0 Å². The van der Waals surface area contributed by atoms with E-state index in [2.05, 4.69) is 27.4 Å². The average Bonchev–Trinajstić information content (AvgIpc) is 2.81. The molecule has 0 bridgehead atoms. The number of aromatic nitrogens is 2. The van der Waals surface area contributed by atoms with E-state index >= 15 is 0 Å². The van der Waals surface area contributed by atoms with Gasteiger partial charge in [0.1, 0.15) is 5.75 Å². The zero-order valence-corrected chi connectivity index (χ0v) is 15.4. The maximum absolute atomic E-state index is 12.5. The average molecular weight is 342 g/mol. The maximum Gasteiger partial charge on any atom is 0.238 e. The summed E-state index contributed by atoms with van der Waals surface area (Å²) in [6, 6.07) is 6.26. The molecule has 1 aromatic carbocycles. The number of hydrogen-bond acceptors (Lipinski definition) is 4. The number of hydrogen-bond donors (Lipinski definition) is 1. The minimum absolute atomic E-state index is 0.00335. The van der Waals surface area contributed by atoms with E-state index in [-0.39, 0.29) is 5.91 Å². The van der Waals surface area contributed by atoms with Crippen molar-refractivity contribution in [3.05, 3.63) is 40.7 Å². The third kappa shape index (κ3) is 3.85. The molecule has 0 spiro atoms. The summed E-state index contributed by atoms with van der Waals surface area (Å²) in [5.41, 5.74) is 5.23. The Kier molecular flexibility index (Phi) is 5.08. The first-order chi connectivity index (χ1) is 12.0. The van der Waals surface area contributed by atoms with E-state index < -0.39 is 0 Å². The van der Waals surface area contributed by atoms with Crippen LogP contribution in [0.25, 0.3) is 0 Å². The number of carbonyl (C=O) groups excluding carboxylic acids is 1. The van der Waals surface area contributed by atoms with Crippen molar-refractivity contribution >= 4 is 11.6 Å². The van der Waals surface area contributed by atoms with Gasteiger partial charge >= 0.3 is 0 Å². The topological polar surface area (TPSA) is 59.4 Å². The number of amides is 1. The minimum atomic E-state index is 0.00335. The van der Waals surface area contributed by atoms with E-state index in [1.807, 2.05) is 33.9 Å². The van der Waals surface area contributed by atoms with Crippen LogP contribution in [0.1, 0.15) is 29.4 Å². The highest BCUT2D eigenvalue weighted by molar-refractivity contribution is 5.93. The standard InChI is InChI=1S/C19H26N4O2/c1-5-25-17-7-6-15-8-9-23(11-16(15)10-17)12-18(24)20-19-13(2)21-22(4)14(19)3/h6-7,10H,5,8-9,11-12H2,1-4H3,(H,20,24). The van der Waals surface area contributed by atoms with Crippen LogP contribution >= 0.6 is 0 Å². The summed E-state index contributed by atoms with van der Waals surface area (Å²) in [6.07, 6.45) is 0.958. The third-order valence-electron chi connectivity index (χ3n) is 4.72. The normalized spacial score (nSPS) is 14.2. The second kappa shape index (κ2) is 7.27. The van der Waals surface area contributed by atoms with Gasteiger partial charge in [-0.05, 0) is 50.5 Å². The largest absolute Gasteiger partial charge is 0.494 e. The number of anilines is 1. The number of benzene rings is 1. The van der Waals surface area contributed by atoms with Crippen molar-refractivity contribution in [1.29, 1.82) is 0 Å². The molecular weight excluding hydrogens is 316 g/mol. The molecule has 0 saturated carbocycles. The highest BCUT2D eigenvalue weighted by Gasteiger charge is 2.20. The fraction of sp³-hybridized carbons (Fsp3) is 0.474. The van der Waals surface area contributed by atoms with Crippen LogP contribution in [-0.2, 0) is 24.8 Å². The van der Waals surface area contributed by atoms with Crippen molar-refractivity contribution in [1.82, 2.24) is 14.7 Å². The zero-order chi connectivity index (χ0) is 18.0. The smallest absolute Gasteiger partial charge is 0.238 e. The Bertz CT molecular complexity index is 782. The number of rotatable bonds is 5. The number of fused-ring (bicyclic) bond motifs is 1. The van der Waals surface area contributed by atoms with Gasteiger partial charge < -0.3 is 10.1 Å². The summed E-state index contributed by atoms with van der Waals surface area (Å²) in [6.45, 7) is 8.56. The van der Waals surface area contributed by atoms with Gasteiger partial charge in [0.2, 0.25) is 5.91 Å². The molecule has 1 N–H and O–H groups in total. The molecule has 0 fully saturated rings. The second-order valence-electron chi connectivity index (χ2n) is 6.54. The van der Waals surface area contributed by atoms with Crippen LogP contribution in [0.2, 0.25) is 0 Å². The Labute approximate surface area is 148 Å². The molecule has 1 aromatic heterocycles. The minimum Gasteiger partial charge on any atom is -0.494 e. The van der Waals surface area contributed by atoms with Crippen molar-refractivity contribution in [2.45, 2.75) is 33.7 Å². The van der Waals surface area contributed by atoms with E-state index in [0.717, 1.165) is 42.3 Å². The highest BCUT2D eigenvalue weighted by atomic mass is 16.5. The van der Waals surface area contributed by atoms with Crippen molar-refractivity contribution in [2.24, 2.45) is 7.05 Å². The molecule has 1 aliphatic rings. The molecule has 6 nitrogen and oxygen atoms in total. The Morgan fingerprint density at radius 3 is 2.80 bits per heavy atom. The first-order valence-electron chi connectivity index (χ1n) is 8.75. The number of nitrogens with one attached hydrogen (secondary N) is 1. The maximum atomic E-state index is 12.5. The molecule has 134 valence electrons. The van der Waals surface area contributed by atoms with Gasteiger partial charge in [-0.3, -0.25) is 14.4 Å². The van der Waals surface area contributed by atoms with Crippen molar-refractivity contribution in [3.8, 4) is 5.75 Å². The van der Waals surface area contributed by atoms with Crippen LogP contribution in [0.15, 0.2) is 18.2 Å².